The largest absolute Gasteiger partial charge is 0.484 e. The molecule has 6 nitrogen and oxygen atoms in total. The molecule has 0 spiro atoms. The first-order valence-electron chi connectivity index (χ1n) is 6.32. The van der Waals surface area contributed by atoms with Crippen LogP contribution in [0.3, 0.4) is 0 Å². The van der Waals surface area contributed by atoms with Gasteiger partial charge < -0.3 is 10.1 Å². The van der Waals surface area contributed by atoms with E-state index in [1.165, 1.54) is 18.2 Å². The van der Waals surface area contributed by atoms with Gasteiger partial charge in [0.25, 0.3) is 11.6 Å². The summed E-state index contributed by atoms with van der Waals surface area (Å²) in [5, 5.41) is 13.5. The van der Waals surface area contributed by atoms with Crippen LogP contribution in [0, 0.1) is 10.1 Å². The minimum Gasteiger partial charge on any atom is -0.484 e. The third-order valence-electron chi connectivity index (χ3n) is 3.12. The van der Waals surface area contributed by atoms with Gasteiger partial charge in [-0.3, -0.25) is 14.9 Å². The number of carbonyl (C=O) groups is 1. The Morgan fingerprint density at radius 3 is 2.84 bits per heavy atom. The van der Waals surface area contributed by atoms with E-state index in [4.69, 9.17) is 4.74 Å². The average Bonchev–Trinajstić information content (AvgIpc) is 2.89. The lowest BCUT2D eigenvalue weighted by Crippen LogP contribution is -2.36. The van der Waals surface area contributed by atoms with Crippen LogP contribution in [0.1, 0.15) is 25.7 Å². The van der Waals surface area contributed by atoms with Crippen molar-refractivity contribution >= 4 is 11.6 Å². The van der Waals surface area contributed by atoms with Crippen LogP contribution >= 0.6 is 0 Å². The lowest BCUT2D eigenvalue weighted by molar-refractivity contribution is -0.384. The molecule has 1 aromatic carbocycles. The molecule has 102 valence electrons. The second-order valence-electron chi connectivity index (χ2n) is 4.59. The first-order valence-corrected chi connectivity index (χ1v) is 6.32. The maximum atomic E-state index is 11.6. The van der Waals surface area contributed by atoms with E-state index in [-0.39, 0.29) is 24.2 Å². The second kappa shape index (κ2) is 6.17. The number of nitrogens with zero attached hydrogens (tertiary/aromatic N) is 1. The van der Waals surface area contributed by atoms with Crippen LogP contribution < -0.4 is 10.1 Å². The van der Waals surface area contributed by atoms with Crippen molar-refractivity contribution in [3.05, 3.63) is 34.4 Å². The molecule has 6 heteroatoms. The molecular weight excluding hydrogens is 248 g/mol. The minimum atomic E-state index is -0.495. The second-order valence-corrected chi connectivity index (χ2v) is 4.59. The molecule has 0 atom stereocenters. The van der Waals surface area contributed by atoms with E-state index in [0.29, 0.717) is 5.75 Å². The van der Waals surface area contributed by atoms with Crippen molar-refractivity contribution in [1.82, 2.24) is 5.32 Å². The molecule has 1 fully saturated rings. The fraction of sp³-hybridized carbons (Fsp3) is 0.462. The Morgan fingerprint density at radius 2 is 2.16 bits per heavy atom. The minimum absolute atomic E-state index is 0.0475. The predicted molar refractivity (Wildman–Crippen MR) is 69.0 cm³/mol. The highest BCUT2D eigenvalue weighted by molar-refractivity contribution is 5.77. The summed E-state index contributed by atoms with van der Waals surface area (Å²) < 4.78 is 5.25. The van der Waals surface area contributed by atoms with Crippen LogP contribution in [0.2, 0.25) is 0 Å². The zero-order valence-corrected chi connectivity index (χ0v) is 10.5. The Bertz CT molecular complexity index is 469. The van der Waals surface area contributed by atoms with Crippen LogP contribution in [0.5, 0.6) is 5.75 Å². The van der Waals surface area contributed by atoms with E-state index in [1.54, 1.807) is 6.07 Å². The molecule has 1 N–H and O–H groups in total. The summed E-state index contributed by atoms with van der Waals surface area (Å²) in [6, 6.07) is 6.06. The molecule has 1 saturated carbocycles. The standard InChI is InChI=1S/C13H16N2O4/c16-13(14-10-4-1-2-5-10)9-19-12-7-3-6-11(8-12)15(17)18/h3,6-8,10H,1-2,4-5,9H2,(H,14,16). The highest BCUT2D eigenvalue weighted by Gasteiger charge is 2.17. The average molecular weight is 264 g/mol. The van der Waals surface area contributed by atoms with Crippen LogP contribution in [0.15, 0.2) is 24.3 Å². The predicted octanol–water partition coefficient (Wildman–Crippen LogP) is 2.03. The Labute approximate surface area is 110 Å². The Morgan fingerprint density at radius 1 is 1.42 bits per heavy atom. The number of carbonyl (C=O) groups excluding carboxylic acids is 1. The Balaban J connectivity index is 1.82. The summed E-state index contributed by atoms with van der Waals surface area (Å²) in [7, 11) is 0. The molecule has 1 aliphatic rings. The first kappa shape index (κ1) is 13.3. The van der Waals surface area contributed by atoms with E-state index in [0.717, 1.165) is 25.7 Å². The van der Waals surface area contributed by atoms with E-state index in [9.17, 15) is 14.9 Å². The van der Waals surface area contributed by atoms with Crippen molar-refractivity contribution in [3.8, 4) is 5.75 Å². The van der Waals surface area contributed by atoms with Gasteiger partial charge in [0.05, 0.1) is 11.0 Å². The number of hydrogen-bond acceptors (Lipinski definition) is 4. The smallest absolute Gasteiger partial charge is 0.273 e. The first-order chi connectivity index (χ1) is 9.15. The van der Waals surface area contributed by atoms with Gasteiger partial charge in [-0.05, 0) is 18.9 Å². The molecule has 0 aromatic heterocycles. The van der Waals surface area contributed by atoms with E-state index in [1.807, 2.05) is 0 Å². The molecule has 0 bridgehead atoms. The van der Waals surface area contributed by atoms with Gasteiger partial charge in [0.15, 0.2) is 6.61 Å². The summed E-state index contributed by atoms with van der Waals surface area (Å²) in [6.07, 6.45) is 4.33. The molecule has 1 aromatic rings. The van der Waals surface area contributed by atoms with Crippen molar-refractivity contribution in [3.63, 3.8) is 0 Å². The quantitative estimate of drug-likeness (QED) is 0.651. The zero-order valence-electron chi connectivity index (χ0n) is 10.5. The number of nitrogens with one attached hydrogen (secondary N) is 1. The third-order valence-corrected chi connectivity index (χ3v) is 3.12. The Kier molecular flexibility index (Phi) is 4.33. The molecule has 19 heavy (non-hydrogen) atoms. The van der Waals surface area contributed by atoms with Gasteiger partial charge in [0.1, 0.15) is 5.75 Å². The van der Waals surface area contributed by atoms with Gasteiger partial charge in [0, 0.05) is 12.1 Å². The van der Waals surface area contributed by atoms with E-state index >= 15 is 0 Å². The van der Waals surface area contributed by atoms with E-state index < -0.39 is 4.92 Å². The highest BCUT2D eigenvalue weighted by Crippen LogP contribution is 2.19. The molecule has 1 aliphatic carbocycles. The molecule has 0 unspecified atom stereocenters. The van der Waals surface area contributed by atoms with Gasteiger partial charge in [-0.2, -0.15) is 0 Å². The number of nitro groups is 1. The van der Waals surface area contributed by atoms with Crippen LogP contribution in [0.4, 0.5) is 5.69 Å². The number of non-ortho nitro benzene ring substituents is 1. The number of hydrogen-bond donors (Lipinski definition) is 1. The Hall–Kier alpha value is -2.11. The lowest BCUT2D eigenvalue weighted by atomic mass is 10.2. The molecule has 0 heterocycles. The monoisotopic (exact) mass is 264 g/mol. The zero-order chi connectivity index (χ0) is 13.7. The van der Waals surface area contributed by atoms with Gasteiger partial charge in [0.2, 0.25) is 0 Å². The maximum absolute atomic E-state index is 11.6. The van der Waals surface area contributed by atoms with Crippen molar-refractivity contribution < 1.29 is 14.5 Å². The van der Waals surface area contributed by atoms with Gasteiger partial charge in [-0.25, -0.2) is 0 Å². The van der Waals surface area contributed by atoms with Crippen LogP contribution in [-0.4, -0.2) is 23.5 Å². The molecule has 0 saturated heterocycles. The number of amides is 1. The summed E-state index contributed by atoms with van der Waals surface area (Å²) in [5.74, 6) is 0.147. The molecule has 2 rings (SSSR count). The van der Waals surface area contributed by atoms with Crippen molar-refractivity contribution in [2.75, 3.05) is 6.61 Å². The number of rotatable bonds is 5. The normalized spacial score (nSPS) is 15.2. The lowest BCUT2D eigenvalue weighted by Gasteiger charge is -2.12. The summed E-state index contributed by atoms with van der Waals surface area (Å²) in [5.41, 5.74) is -0.0475. The SMILES string of the molecule is O=C(COc1cccc([N+](=O)[O-])c1)NC1CCCC1. The third kappa shape index (κ3) is 3.94. The molecular formula is C13H16N2O4. The fourth-order valence-electron chi connectivity index (χ4n) is 2.18. The number of nitro benzene ring substituents is 1. The van der Waals surface area contributed by atoms with Crippen molar-refractivity contribution in [2.24, 2.45) is 0 Å². The summed E-state index contributed by atoms with van der Waals surface area (Å²) in [6.45, 7) is -0.113. The molecule has 0 aliphatic heterocycles. The van der Waals surface area contributed by atoms with Gasteiger partial charge in [-0.15, -0.1) is 0 Å². The molecule has 1 amide bonds. The highest BCUT2D eigenvalue weighted by atomic mass is 16.6. The van der Waals surface area contributed by atoms with Crippen molar-refractivity contribution in [1.29, 1.82) is 0 Å². The van der Waals surface area contributed by atoms with E-state index in [2.05, 4.69) is 5.32 Å². The molecule has 0 radical (unpaired) electrons. The van der Waals surface area contributed by atoms with Crippen LogP contribution in [0.25, 0.3) is 0 Å². The van der Waals surface area contributed by atoms with Crippen molar-refractivity contribution in [2.45, 2.75) is 31.7 Å². The summed E-state index contributed by atoms with van der Waals surface area (Å²) in [4.78, 5) is 21.7. The van der Waals surface area contributed by atoms with Gasteiger partial charge >= 0.3 is 0 Å². The number of ether oxygens (including phenoxy) is 1. The number of benzene rings is 1. The van der Waals surface area contributed by atoms with Gasteiger partial charge in [-0.1, -0.05) is 18.9 Å². The fourth-order valence-corrected chi connectivity index (χ4v) is 2.18. The summed E-state index contributed by atoms with van der Waals surface area (Å²) >= 11 is 0. The maximum Gasteiger partial charge on any atom is 0.273 e. The topological polar surface area (TPSA) is 81.5 Å². The van der Waals surface area contributed by atoms with Crippen LogP contribution in [-0.2, 0) is 4.79 Å².